The van der Waals surface area contributed by atoms with Crippen molar-refractivity contribution in [3.05, 3.63) is 382 Å². The summed E-state index contributed by atoms with van der Waals surface area (Å²) in [5, 5.41) is 27.8. The molecule has 0 atom stereocenters. The molecule has 5 aromatic heterocycles. The molecule has 110 heavy (non-hydrogen) atoms. The normalized spacial score (nSPS) is 12.2. The SMILES string of the molecule is c1ccc(-n2c3cccc4c5cc6ccccc6cc5c5cccc6c5c5c(c43)c2ccc5n6-c2cccc(-c3cccc4oc5ccccc5c34)c2)cc1.c1ccc(N(c2ccccc2)c2ccc(-n3c4cccc5c6cc7ccccc7cc6c6cccc7c6c6c(c54)c3ccc6n7-c3ccccc3)cc2)cc1. The molecule has 0 aliphatic carbocycles. The number of fused-ring (bicyclic) bond motifs is 11. The van der Waals surface area contributed by atoms with Crippen LogP contribution in [0.3, 0.4) is 0 Å². The van der Waals surface area contributed by atoms with Gasteiger partial charge in [0.1, 0.15) is 11.2 Å². The van der Waals surface area contributed by atoms with Crippen LogP contribution in [0.1, 0.15) is 0 Å². The Labute approximate surface area is 630 Å². The molecule has 25 rings (SSSR count). The molecule has 0 saturated heterocycles. The van der Waals surface area contributed by atoms with Crippen LogP contribution in [-0.4, -0.2) is 18.3 Å². The van der Waals surface area contributed by atoms with E-state index in [0.717, 1.165) is 67.3 Å². The molecule has 5 heterocycles. The van der Waals surface area contributed by atoms with Gasteiger partial charge in [0.2, 0.25) is 0 Å². The maximum Gasteiger partial charge on any atom is 0.136 e. The first-order valence-corrected chi connectivity index (χ1v) is 37.9. The van der Waals surface area contributed by atoms with E-state index in [0.29, 0.717) is 0 Å². The third-order valence-electron chi connectivity index (χ3n) is 23.6. The van der Waals surface area contributed by atoms with Gasteiger partial charge >= 0.3 is 0 Å². The van der Waals surface area contributed by atoms with Crippen LogP contribution >= 0.6 is 0 Å². The molecule has 0 spiro atoms. The van der Waals surface area contributed by atoms with E-state index >= 15 is 0 Å². The molecule has 0 bridgehead atoms. The van der Waals surface area contributed by atoms with Crippen LogP contribution < -0.4 is 4.90 Å². The molecule has 0 N–H and O–H groups in total. The van der Waals surface area contributed by atoms with E-state index in [-0.39, 0.29) is 0 Å². The zero-order chi connectivity index (χ0) is 71.8. The highest BCUT2D eigenvalue weighted by Gasteiger charge is 2.28. The third-order valence-corrected chi connectivity index (χ3v) is 23.6. The zero-order valence-electron chi connectivity index (χ0n) is 59.5. The van der Waals surface area contributed by atoms with Crippen LogP contribution in [0.2, 0.25) is 0 Å². The number of anilines is 3. The van der Waals surface area contributed by atoms with E-state index in [4.69, 9.17) is 4.42 Å². The fraction of sp³-hybridized carbons (Fsp3) is 0. The molecule has 0 radical (unpaired) electrons. The fourth-order valence-corrected chi connectivity index (χ4v) is 19.1. The van der Waals surface area contributed by atoms with Crippen LogP contribution in [0, 0.1) is 0 Å². The summed E-state index contributed by atoms with van der Waals surface area (Å²) < 4.78 is 16.2. The Balaban J connectivity index is 0.000000129. The summed E-state index contributed by atoms with van der Waals surface area (Å²) in [5.74, 6) is 0. The molecular formula is C104H63N5O. The monoisotopic (exact) mass is 1400 g/mol. The summed E-state index contributed by atoms with van der Waals surface area (Å²) in [7, 11) is 0. The Morgan fingerprint density at radius 3 is 0.918 bits per heavy atom. The topological polar surface area (TPSA) is 36.1 Å². The minimum atomic E-state index is 0.906. The lowest BCUT2D eigenvalue weighted by Crippen LogP contribution is -2.09. The van der Waals surface area contributed by atoms with Gasteiger partial charge in [-0.15, -0.1) is 0 Å². The summed E-state index contributed by atoms with van der Waals surface area (Å²) in [4.78, 5) is 2.32. The largest absolute Gasteiger partial charge is 0.456 e. The van der Waals surface area contributed by atoms with Crippen molar-refractivity contribution in [2.45, 2.75) is 0 Å². The highest BCUT2D eigenvalue weighted by molar-refractivity contribution is 6.42. The van der Waals surface area contributed by atoms with Gasteiger partial charge in [-0.1, -0.05) is 212 Å². The first kappa shape index (κ1) is 60.5. The van der Waals surface area contributed by atoms with E-state index in [9.17, 15) is 0 Å². The van der Waals surface area contributed by atoms with Crippen molar-refractivity contribution in [2.75, 3.05) is 4.90 Å². The van der Waals surface area contributed by atoms with Crippen LogP contribution in [-0.2, 0) is 0 Å². The van der Waals surface area contributed by atoms with Gasteiger partial charge in [0.15, 0.2) is 0 Å². The molecule has 0 aliphatic rings. The van der Waals surface area contributed by atoms with E-state index in [2.05, 4.69) is 399 Å². The van der Waals surface area contributed by atoms with Crippen molar-refractivity contribution in [1.82, 2.24) is 18.3 Å². The van der Waals surface area contributed by atoms with Crippen LogP contribution in [0.4, 0.5) is 17.1 Å². The van der Waals surface area contributed by atoms with Gasteiger partial charge in [0.05, 0.1) is 44.1 Å². The number of rotatable bonds is 8. The summed E-state index contributed by atoms with van der Waals surface area (Å²) >= 11 is 0. The van der Waals surface area contributed by atoms with Gasteiger partial charge in [-0.3, -0.25) is 0 Å². The second-order valence-corrected chi connectivity index (χ2v) is 29.4. The number of nitrogens with zero attached hydrogens (tertiary/aromatic N) is 5. The van der Waals surface area contributed by atoms with E-state index in [1.165, 1.54) is 157 Å². The van der Waals surface area contributed by atoms with E-state index < -0.39 is 0 Å². The summed E-state index contributed by atoms with van der Waals surface area (Å²) in [6.07, 6.45) is 0. The molecule has 6 nitrogen and oxygen atoms in total. The molecule has 20 aromatic carbocycles. The quantitative estimate of drug-likeness (QED) is 0.152. The fourth-order valence-electron chi connectivity index (χ4n) is 19.1. The standard InChI is InChI=1S/C52H33N3.C52H30N2O/c1-4-16-36(17-5-1)53(37-18-6-2-7-19-37)39-26-28-40(29-27-39)55-46-25-13-23-42-44-33-35-15-11-10-14-34(35)32-43(44)41-22-12-24-45-49(41)51-47(30-31-48(55)52(51)50(42)46)54(45)38-20-8-3-9-21-38;1-2-15-34(16-3-1)53-42-22-9-20-37-40-29-31-12-4-5-13-32(31)30-41(40)38-21-10-23-43-50(38)52-45(27-26-44(53)51(52)49(37)42)54(43)35-17-8-14-33(28-35)36-19-11-25-47-48(36)39-18-6-7-24-46(39)55-47/h1-33H;1-30H. The first-order valence-electron chi connectivity index (χ1n) is 37.9. The van der Waals surface area contributed by atoms with E-state index in [1.807, 2.05) is 6.07 Å². The Bertz CT molecular complexity index is 8020. The Hall–Kier alpha value is -14.7. The minimum absolute atomic E-state index is 0.906. The number of furan rings is 1. The number of aromatic nitrogens is 4. The molecule has 0 fully saturated rings. The highest BCUT2D eigenvalue weighted by atomic mass is 16.3. The maximum absolute atomic E-state index is 6.32. The van der Waals surface area contributed by atoms with Gasteiger partial charge in [-0.2, -0.15) is 0 Å². The number of benzene rings is 18. The Morgan fingerprint density at radius 2 is 0.491 bits per heavy atom. The van der Waals surface area contributed by atoms with Crippen molar-refractivity contribution in [2.24, 2.45) is 0 Å². The average Bonchev–Trinajstić information content (AvgIpc) is 1.52. The summed E-state index contributed by atoms with van der Waals surface area (Å²) in [5.41, 5.74) is 21.8. The van der Waals surface area contributed by atoms with Crippen molar-refractivity contribution in [3.63, 3.8) is 0 Å². The van der Waals surface area contributed by atoms with E-state index in [1.54, 1.807) is 0 Å². The van der Waals surface area contributed by atoms with Gasteiger partial charge in [-0.25, -0.2) is 0 Å². The Morgan fingerprint density at radius 1 is 0.182 bits per heavy atom. The number of hydrogen-bond acceptors (Lipinski definition) is 2. The highest BCUT2D eigenvalue weighted by Crippen LogP contribution is 2.52. The molecule has 0 saturated carbocycles. The molecule has 0 amide bonds. The molecule has 0 unspecified atom stereocenters. The average molecular weight is 1400 g/mol. The maximum atomic E-state index is 6.32. The van der Waals surface area contributed by atoms with Gasteiger partial charge in [-0.05, 0) is 246 Å². The lowest BCUT2D eigenvalue weighted by Gasteiger charge is -2.25. The lowest BCUT2D eigenvalue weighted by atomic mass is 9.93. The first-order chi connectivity index (χ1) is 54.6. The van der Waals surface area contributed by atoms with Gasteiger partial charge in [0.25, 0.3) is 0 Å². The lowest BCUT2D eigenvalue weighted by molar-refractivity contribution is 0.669. The molecular weight excluding hydrogens is 1340 g/mol. The van der Waals surface area contributed by atoms with Gasteiger partial charge in [0, 0.05) is 93.7 Å². The zero-order valence-corrected chi connectivity index (χ0v) is 59.5. The second-order valence-electron chi connectivity index (χ2n) is 29.4. The predicted octanol–water partition coefficient (Wildman–Crippen LogP) is 28.6. The van der Waals surface area contributed by atoms with Crippen LogP contribution in [0.25, 0.3) is 208 Å². The predicted molar refractivity (Wildman–Crippen MR) is 465 cm³/mol. The van der Waals surface area contributed by atoms with Crippen molar-refractivity contribution < 1.29 is 4.42 Å². The smallest absolute Gasteiger partial charge is 0.136 e. The van der Waals surface area contributed by atoms with Gasteiger partial charge < -0.3 is 27.6 Å². The molecule has 6 heteroatoms. The van der Waals surface area contributed by atoms with Crippen LogP contribution in [0.5, 0.6) is 0 Å². The molecule has 510 valence electrons. The third kappa shape index (κ3) is 8.69. The van der Waals surface area contributed by atoms with Crippen molar-refractivity contribution >= 4 is 191 Å². The number of para-hydroxylation sites is 5. The summed E-state index contributed by atoms with van der Waals surface area (Å²) in [6.45, 7) is 0. The Kier molecular flexibility index (Phi) is 12.9. The number of hydrogen-bond donors (Lipinski definition) is 0. The summed E-state index contributed by atoms with van der Waals surface area (Å²) in [6, 6.07) is 140. The second kappa shape index (κ2) is 23.4. The van der Waals surface area contributed by atoms with Crippen molar-refractivity contribution in [1.29, 1.82) is 0 Å². The van der Waals surface area contributed by atoms with Crippen LogP contribution in [0.15, 0.2) is 387 Å². The molecule has 0 aliphatic heterocycles. The van der Waals surface area contributed by atoms with Crippen molar-refractivity contribution in [3.8, 4) is 33.9 Å². The molecule has 25 aromatic rings. The minimum Gasteiger partial charge on any atom is -0.456 e.